The molecule has 3 N–H and O–H groups in total. The number of carbonyl (C=O) groups is 1. The molecule has 4 heteroatoms. The van der Waals surface area contributed by atoms with E-state index in [4.69, 9.17) is 5.73 Å². The molecule has 1 amide bonds. The predicted molar refractivity (Wildman–Crippen MR) is 82.3 cm³/mol. The van der Waals surface area contributed by atoms with Crippen molar-refractivity contribution in [3.63, 3.8) is 0 Å². The van der Waals surface area contributed by atoms with Gasteiger partial charge in [0.25, 0.3) is 0 Å². The monoisotopic (exact) mass is 275 g/mol. The Labute approximate surface area is 121 Å². The number of anilines is 1. The van der Waals surface area contributed by atoms with Crippen molar-refractivity contribution in [1.29, 1.82) is 0 Å². The highest BCUT2D eigenvalue weighted by Crippen LogP contribution is 2.23. The van der Waals surface area contributed by atoms with Crippen molar-refractivity contribution in [2.24, 2.45) is 5.92 Å². The molecular weight excluding hydrogens is 250 g/mol. The third kappa shape index (κ3) is 3.97. The molecule has 2 rings (SSSR count). The highest BCUT2D eigenvalue weighted by Gasteiger charge is 2.19. The van der Waals surface area contributed by atoms with Crippen molar-refractivity contribution in [1.82, 2.24) is 10.2 Å². The molecule has 0 saturated carbocycles. The van der Waals surface area contributed by atoms with E-state index in [2.05, 4.69) is 30.1 Å². The molecular formula is C16H25N3O. The van der Waals surface area contributed by atoms with Gasteiger partial charge in [0.1, 0.15) is 0 Å². The van der Waals surface area contributed by atoms with Crippen LogP contribution in [0.15, 0.2) is 18.2 Å². The summed E-state index contributed by atoms with van der Waals surface area (Å²) in [6.45, 7) is 7.26. The van der Waals surface area contributed by atoms with Crippen LogP contribution < -0.4 is 11.1 Å². The normalized spacial score (nSPS) is 15.2. The largest absolute Gasteiger partial charge is 0.398 e. The summed E-state index contributed by atoms with van der Waals surface area (Å²) in [6, 6.07) is 6.07. The Balaban J connectivity index is 1.84. The minimum atomic E-state index is 0.114. The molecule has 0 saturated heterocycles. The maximum Gasteiger partial charge on any atom is 0.234 e. The first-order chi connectivity index (χ1) is 9.56. The predicted octanol–water partition coefficient (Wildman–Crippen LogP) is 1.79. The zero-order chi connectivity index (χ0) is 14.5. The molecule has 1 aromatic rings. The quantitative estimate of drug-likeness (QED) is 0.806. The minimum absolute atomic E-state index is 0.114. The van der Waals surface area contributed by atoms with Crippen LogP contribution in [0, 0.1) is 5.92 Å². The standard InChI is InChI=1S/C16H25N3O/c1-12(2)6-8-18-16(20)11-19-9-7-13-4-3-5-15(17)14(13)10-19/h3-5,12H,6-11,17H2,1-2H3,(H,18,20). The first kappa shape index (κ1) is 14.9. The van der Waals surface area contributed by atoms with Crippen molar-refractivity contribution < 1.29 is 4.79 Å². The van der Waals surface area contributed by atoms with E-state index in [0.717, 1.165) is 38.2 Å². The van der Waals surface area contributed by atoms with Gasteiger partial charge >= 0.3 is 0 Å². The molecule has 1 aliphatic heterocycles. The Kier molecular flexibility index (Phi) is 5.01. The second-order valence-corrected chi connectivity index (χ2v) is 5.98. The summed E-state index contributed by atoms with van der Waals surface area (Å²) in [7, 11) is 0. The fourth-order valence-corrected chi connectivity index (χ4v) is 2.56. The molecule has 0 spiro atoms. The Morgan fingerprint density at radius 1 is 1.45 bits per heavy atom. The van der Waals surface area contributed by atoms with Gasteiger partial charge in [-0.25, -0.2) is 0 Å². The summed E-state index contributed by atoms with van der Waals surface area (Å²) in [4.78, 5) is 14.1. The lowest BCUT2D eigenvalue weighted by molar-refractivity contribution is -0.122. The van der Waals surface area contributed by atoms with Crippen molar-refractivity contribution in [2.75, 3.05) is 25.4 Å². The number of fused-ring (bicyclic) bond motifs is 1. The number of carbonyl (C=O) groups excluding carboxylic acids is 1. The molecule has 0 bridgehead atoms. The number of benzene rings is 1. The van der Waals surface area contributed by atoms with E-state index in [-0.39, 0.29) is 5.91 Å². The second kappa shape index (κ2) is 6.75. The zero-order valence-electron chi connectivity index (χ0n) is 12.5. The molecule has 0 atom stereocenters. The minimum Gasteiger partial charge on any atom is -0.398 e. The summed E-state index contributed by atoms with van der Waals surface area (Å²) in [5.41, 5.74) is 9.37. The SMILES string of the molecule is CC(C)CCNC(=O)CN1CCc2cccc(N)c2C1. The van der Waals surface area contributed by atoms with Gasteiger partial charge in [-0.2, -0.15) is 0 Å². The van der Waals surface area contributed by atoms with Gasteiger partial charge in [-0.15, -0.1) is 0 Å². The van der Waals surface area contributed by atoms with Crippen LogP contribution in [0.3, 0.4) is 0 Å². The van der Waals surface area contributed by atoms with Crippen LogP contribution in [0.25, 0.3) is 0 Å². The summed E-state index contributed by atoms with van der Waals surface area (Å²) in [5, 5.41) is 2.99. The maximum atomic E-state index is 11.9. The summed E-state index contributed by atoms with van der Waals surface area (Å²) in [5.74, 6) is 0.737. The molecule has 0 aromatic heterocycles. The number of rotatable bonds is 5. The van der Waals surface area contributed by atoms with Crippen LogP contribution in [0.5, 0.6) is 0 Å². The van der Waals surface area contributed by atoms with Gasteiger partial charge in [0.15, 0.2) is 0 Å². The molecule has 0 radical (unpaired) electrons. The molecule has 1 aliphatic rings. The first-order valence-electron chi connectivity index (χ1n) is 7.41. The van der Waals surface area contributed by atoms with Crippen molar-refractivity contribution in [3.05, 3.63) is 29.3 Å². The number of nitrogens with one attached hydrogen (secondary N) is 1. The van der Waals surface area contributed by atoms with Crippen molar-refractivity contribution in [3.8, 4) is 0 Å². The zero-order valence-corrected chi connectivity index (χ0v) is 12.5. The molecule has 0 aliphatic carbocycles. The number of hydrogen-bond donors (Lipinski definition) is 2. The topological polar surface area (TPSA) is 58.4 Å². The van der Waals surface area contributed by atoms with Gasteiger partial charge in [-0.05, 0) is 36.0 Å². The van der Waals surface area contributed by atoms with E-state index in [1.54, 1.807) is 0 Å². The van der Waals surface area contributed by atoms with E-state index in [1.165, 1.54) is 11.1 Å². The fraction of sp³-hybridized carbons (Fsp3) is 0.562. The van der Waals surface area contributed by atoms with Crippen molar-refractivity contribution in [2.45, 2.75) is 33.2 Å². The first-order valence-corrected chi connectivity index (χ1v) is 7.41. The Morgan fingerprint density at radius 2 is 2.25 bits per heavy atom. The molecule has 0 fully saturated rings. The van der Waals surface area contributed by atoms with E-state index in [0.29, 0.717) is 12.5 Å². The summed E-state index contributed by atoms with van der Waals surface area (Å²) >= 11 is 0. The van der Waals surface area contributed by atoms with Gasteiger partial charge < -0.3 is 11.1 Å². The number of amides is 1. The molecule has 1 heterocycles. The smallest absolute Gasteiger partial charge is 0.234 e. The average molecular weight is 275 g/mol. The lowest BCUT2D eigenvalue weighted by atomic mass is 9.98. The van der Waals surface area contributed by atoms with Crippen LogP contribution in [-0.4, -0.2) is 30.4 Å². The maximum absolute atomic E-state index is 11.9. The summed E-state index contributed by atoms with van der Waals surface area (Å²) < 4.78 is 0. The molecule has 1 aromatic carbocycles. The van der Waals surface area contributed by atoms with E-state index in [9.17, 15) is 4.79 Å². The third-order valence-electron chi connectivity index (χ3n) is 3.80. The van der Waals surface area contributed by atoms with Crippen molar-refractivity contribution >= 4 is 11.6 Å². The third-order valence-corrected chi connectivity index (χ3v) is 3.80. The highest BCUT2D eigenvalue weighted by molar-refractivity contribution is 5.78. The van der Waals surface area contributed by atoms with E-state index in [1.807, 2.05) is 12.1 Å². The number of hydrogen-bond acceptors (Lipinski definition) is 3. The van der Waals surface area contributed by atoms with Crippen LogP contribution in [0.2, 0.25) is 0 Å². The molecule has 110 valence electrons. The molecule has 0 unspecified atom stereocenters. The fourth-order valence-electron chi connectivity index (χ4n) is 2.56. The van der Waals surface area contributed by atoms with Gasteiger partial charge in [0.2, 0.25) is 5.91 Å². The van der Waals surface area contributed by atoms with Crippen LogP contribution >= 0.6 is 0 Å². The van der Waals surface area contributed by atoms with Gasteiger partial charge in [0.05, 0.1) is 6.54 Å². The van der Waals surface area contributed by atoms with Crippen LogP contribution in [0.1, 0.15) is 31.4 Å². The Bertz CT molecular complexity index is 471. The molecule has 4 nitrogen and oxygen atoms in total. The number of nitrogens with zero attached hydrogens (tertiary/aromatic N) is 1. The second-order valence-electron chi connectivity index (χ2n) is 5.98. The number of nitrogen functional groups attached to an aromatic ring is 1. The summed E-state index contributed by atoms with van der Waals surface area (Å²) in [6.07, 6.45) is 2.00. The average Bonchev–Trinajstić information content (AvgIpc) is 2.39. The number of nitrogens with two attached hydrogens (primary N) is 1. The van der Waals surface area contributed by atoms with E-state index >= 15 is 0 Å². The van der Waals surface area contributed by atoms with E-state index < -0.39 is 0 Å². The van der Waals surface area contributed by atoms with Gasteiger partial charge in [-0.1, -0.05) is 26.0 Å². The lowest BCUT2D eigenvalue weighted by Crippen LogP contribution is -2.40. The van der Waals surface area contributed by atoms with Crippen LogP contribution in [0.4, 0.5) is 5.69 Å². The van der Waals surface area contributed by atoms with Gasteiger partial charge in [-0.3, -0.25) is 9.69 Å². The van der Waals surface area contributed by atoms with Crippen LogP contribution in [-0.2, 0) is 17.8 Å². The highest BCUT2D eigenvalue weighted by atomic mass is 16.2. The Hall–Kier alpha value is -1.55. The Morgan fingerprint density at radius 3 is 3.00 bits per heavy atom. The lowest BCUT2D eigenvalue weighted by Gasteiger charge is -2.29. The van der Waals surface area contributed by atoms with Gasteiger partial charge in [0, 0.05) is 25.3 Å². The molecule has 20 heavy (non-hydrogen) atoms.